The van der Waals surface area contributed by atoms with Crippen LogP contribution in [0.25, 0.3) is 0 Å². The molecule has 1 N–H and O–H groups in total. The average Bonchev–Trinajstić information content (AvgIpc) is 2.66. The summed E-state index contributed by atoms with van der Waals surface area (Å²) >= 11 is 0. The van der Waals surface area contributed by atoms with Gasteiger partial charge in [0.25, 0.3) is 5.91 Å². The lowest BCUT2D eigenvalue weighted by molar-refractivity contribution is -0.147. The highest BCUT2D eigenvalue weighted by molar-refractivity contribution is 7.92. The van der Waals surface area contributed by atoms with Crippen molar-refractivity contribution in [3.63, 3.8) is 0 Å². The number of para-hydroxylation sites is 1. The van der Waals surface area contributed by atoms with Gasteiger partial charge in [0.15, 0.2) is 6.61 Å². The van der Waals surface area contributed by atoms with Crippen molar-refractivity contribution >= 4 is 27.6 Å². The molecule has 1 amide bonds. The largest absolute Gasteiger partial charge is 0.454 e. The lowest BCUT2D eigenvalue weighted by Crippen LogP contribution is -2.38. The summed E-state index contributed by atoms with van der Waals surface area (Å²) in [6.45, 7) is 0.967. The van der Waals surface area contributed by atoms with Gasteiger partial charge in [0.1, 0.15) is 12.4 Å². The smallest absolute Gasteiger partial charge is 0.327 e. The molecule has 2 aromatic carbocycles. The lowest BCUT2D eigenvalue weighted by Gasteiger charge is -2.23. The van der Waals surface area contributed by atoms with E-state index in [2.05, 4.69) is 5.32 Å². The second-order valence-corrected chi connectivity index (χ2v) is 8.35. The third kappa shape index (κ3) is 7.19. The number of esters is 1. The van der Waals surface area contributed by atoms with Crippen LogP contribution >= 0.6 is 0 Å². The van der Waals surface area contributed by atoms with Crippen LogP contribution in [0.15, 0.2) is 48.5 Å². The maximum Gasteiger partial charge on any atom is 0.327 e. The van der Waals surface area contributed by atoms with Crippen LogP contribution in [0.5, 0.6) is 0 Å². The fourth-order valence-corrected chi connectivity index (χ4v) is 3.48. The minimum absolute atomic E-state index is 0.292. The Balaban J connectivity index is 1.83. The third-order valence-electron chi connectivity index (χ3n) is 4.07. The Kier molecular flexibility index (Phi) is 7.72. The van der Waals surface area contributed by atoms with Crippen molar-refractivity contribution in [2.24, 2.45) is 0 Å². The Morgan fingerprint density at radius 2 is 1.76 bits per heavy atom. The molecule has 0 aromatic heterocycles. The van der Waals surface area contributed by atoms with Crippen LogP contribution in [-0.2, 0) is 30.8 Å². The average molecular weight is 422 g/mol. The molecule has 0 heterocycles. The van der Waals surface area contributed by atoms with Crippen LogP contribution in [0, 0.1) is 12.7 Å². The van der Waals surface area contributed by atoms with Gasteiger partial charge in [-0.05, 0) is 42.7 Å². The maximum atomic E-state index is 12.8. The number of carbonyl (C=O) groups excluding carboxylic acids is 2. The molecule has 0 unspecified atom stereocenters. The highest BCUT2D eigenvalue weighted by atomic mass is 32.2. The van der Waals surface area contributed by atoms with Gasteiger partial charge in [-0.25, -0.2) is 12.8 Å². The minimum Gasteiger partial charge on any atom is -0.454 e. The summed E-state index contributed by atoms with van der Waals surface area (Å²) in [6, 6.07) is 12.6. The van der Waals surface area contributed by atoms with Gasteiger partial charge in [-0.15, -0.1) is 0 Å². The number of nitrogens with zero attached hydrogens (tertiary/aromatic N) is 1. The molecule has 156 valence electrons. The molecular weight excluding hydrogens is 399 g/mol. The van der Waals surface area contributed by atoms with Crippen molar-refractivity contribution in [1.82, 2.24) is 5.32 Å². The summed E-state index contributed by atoms with van der Waals surface area (Å²) in [4.78, 5) is 23.9. The molecule has 0 aliphatic carbocycles. The van der Waals surface area contributed by atoms with E-state index in [0.717, 1.165) is 16.1 Å². The van der Waals surface area contributed by atoms with E-state index in [4.69, 9.17) is 4.74 Å². The highest BCUT2D eigenvalue weighted by Crippen LogP contribution is 2.21. The van der Waals surface area contributed by atoms with Gasteiger partial charge in [-0.1, -0.05) is 30.3 Å². The van der Waals surface area contributed by atoms with E-state index in [1.165, 1.54) is 12.1 Å². The standard InChI is InChI=1S/C20H23FN2O5S/c1-15-5-3-4-6-18(15)23(29(2,26)27)13-20(25)28-14-19(24)22-12-11-16-7-9-17(21)10-8-16/h3-10H,11-14H2,1-2H3,(H,22,24). The predicted molar refractivity (Wildman–Crippen MR) is 107 cm³/mol. The Hall–Kier alpha value is -2.94. The fourth-order valence-electron chi connectivity index (χ4n) is 2.58. The Labute approximate surface area is 169 Å². The van der Waals surface area contributed by atoms with Crippen LogP contribution < -0.4 is 9.62 Å². The summed E-state index contributed by atoms with van der Waals surface area (Å²) in [5.74, 6) is -1.69. The number of anilines is 1. The molecule has 0 aliphatic heterocycles. The number of nitrogens with one attached hydrogen (secondary N) is 1. The van der Waals surface area contributed by atoms with Crippen molar-refractivity contribution in [2.75, 3.05) is 30.3 Å². The second-order valence-electron chi connectivity index (χ2n) is 6.44. The first-order valence-electron chi connectivity index (χ1n) is 8.87. The Morgan fingerprint density at radius 1 is 1.10 bits per heavy atom. The number of hydrogen-bond donors (Lipinski definition) is 1. The molecule has 0 aliphatic rings. The molecule has 0 saturated carbocycles. The van der Waals surface area contributed by atoms with Gasteiger partial charge in [0.2, 0.25) is 10.0 Å². The predicted octanol–water partition coefficient (Wildman–Crippen LogP) is 1.80. The molecule has 0 spiro atoms. The van der Waals surface area contributed by atoms with Gasteiger partial charge in [-0.2, -0.15) is 0 Å². The maximum absolute atomic E-state index is 12.8. The normalized spacial score (nSPS) is 11.0. The van der Waals surface area contributed by atoms with Crippen LogP contribution in [0.4, 0.5) is 10.1 Å². The summed E-state index contributed by atoms with van der Waals surface area (Å²) in [5.41, 5.74) is 1.91. The zero-order valence-corrected chi connectivity index (χ0v) is 17.0. The highest BCUT2D eigenvalue weighted by Gasteiger charge is 2.23. The molecule has 7 nitrogen and oxygen atoms in total. The van der Waals surface area contributed by atoms with Gasteiger partial charge in [0.05, 0.1) is 11.9 Å². The first-order chi connectivity index (χ1) is 13.7. The summed E-state index contributed by atoms with van der Waals surface area (Å²) in [7, 11) is -3.72. The van der Waals surface area contributed by atoms with Crippen LogP contribution in [-0.4, -0.2) is 46.2 Å². The molecule has 2 aromatic rings. The lowest BCUT2D eigenvalue weighted by atomic mass is 10.1. The van der Waals surface area contributed by atoms with Crippen molar-refractivity contribution in [1.29, 1.82) is 0 Å². The fraction of sp³-hybridized carbons (Fsp3) is 0.300. The van der Waals surface area contributed by atoms with E-state index in [1.807, 2.05) is 0 Å². The summed E-state index contributed by atoms with van der Waals surface area (Å²) in [6.07, 6.45) is 1.49. The second kappa shape index (κ2) is 10.0. The molecule has 9 heteroatoms. The zero-order chi connectivity index (χ0) is 21.4. The van der Waals surface area contributed by atoms with E-state index in [1.54, 1.807) is 43.3 Å². The SMILES string of the molecule is Cc1ccccc1N(CC(=O)OCC(=O)NCCc1ccc(F)cc1)S(C)(=O)=O. The van der Waals surface area contributed by atoms with Crippen molar-refractivity contribution in [3.8, 4) is 0 Å². The monoisotopic (exact) mass is 422 g/mol. The van der Waals surface area contributed by atoms with Gasteiger partial charge in [0, 0.05) is 6.54 Å². The first-order valence-corrected chi connectivity index (χ1v) is 10.7. The Morgan fingerprint density at radius 3 is 2.38 bits per heavy atom. The Bertz CT molecular complexity index is 961. The number of aryl methyl sites for hydroxylation is 1. The molecule has 0 atom stereocenters. The first kappa shape index (κ1) is 22.4. The minimum atomic E-state index is -3.72. The molecular formula is C20H23FN2O5S. The van der Waals surface area contributed by atoms with E-state index in [9.17, 15) is 22.4 Å². The number of benzene rings is 2. The molecule has 0 radical (unpaired) electrons. The van der Waals surface area contributed by atoms with Gasteiger partial charge in [-0.3, -0.25) is 13.9 Å². The molecule has 0 saturated heterocycles. The van der Waals surface area contributed by atoms with Crippen LogP contribution in [0.2, 0.25) is 0 Å². The summed E-state index contributed by atoms with van der Waals surface area (Å²) in [5, 5.41) is 2.58. The van der Waals surface area contributed by atoms with Gasteiger partial charge < -0.3 is 10.1 Å². The van der Waals surface area contributed by atoms with Crippen molar-refractivity contribution in [2.45, 2.75) is 13.3 Å². The number of rotatable bonds is 9. The molecule has 0 bridgehead atoms. The van der Waals surface area contributed by atoms with Crippen LogP contribution in [0.1, 0.15) is 11.1 Å². The quantitative estimate of drug-likeness (QED) is 0.622. The van der Waals surface area contributed by atoms with Gasteiger partial charge >= 0.3 is 5.97 Å². The zero-order valence-electron chi connectivity index (χ0n) is 16.2. The number of ether oxygens (including phenoxy) is 1. The summed E-state index contributed by atoms with van der Waals surface area (Å²) < 4.78 is 42.8. The van der Waals surface area contributed by atoms with E-state index in [-0.39, 0.29) is 5.82 Å². The number of sulfonamides is 1. The molecule has 0 fully saturated rings. The topological polar surface area (TPSA) is 92.8 Å². The number of hydrogen-bond acceptors (Lipinski definition) is 5. The molecule has 29 heavy (non-hydrogen) atoms. The third-order valence-corrected chi connectivity index (χ3v) is 5.20. The van der Waals surface area contributed by atoms with Crippen molar-refractivity contribution < 1.29 is 27.1 Å². The molecule has 2 rings (SSSR count). The van der Waals surface area contributed by atoms with E-state index < -0.39 is 35.1 Å². The van der Waals surface area contributed by atoms with E-state index in [0.29, 0.717) is 24.2 Å². The van der Waals surface area contributed by atoms with Crippen molar-refractivity contribution in [3.05, 3.63) is 65.5 Å². The van der Waals surface area contributed by atoms with E-state index >= 15 is 0 Å². The number of carbonyl (C=O) groups is 2. The number of halogens is 1. The number of amides is 1. The van der Waals surface area contributed by atoms with Crippen LogP contribution in [0.3, 0.4) is 0 Å².